The number of Topliss-reactive ketones (excluding diaryl/α,β-unsaturated/α-hetero) is 1. The fourth-order valence-electron chi connectivity index (χ4n) is 4.83. The van der Waals surface area contributed by atoms with E-state index < -0.39 is 11.9 Å². The minimum Gasteiger partial charge on any atom is -0.486 e. The van der Waals surface area contributed by atoms with Crippen LogP contribution in [0.3, 0.4) is 0 Å². The van der Waals surface area contributed by atoms with Crippen molar-refractivity contribution in [2.75, 3.05) is 7.11 Å². The van der Waals surface area contributed by atoms with Crippen LogP contribution in [0.5, 0.6) is 5.75 Å². The van der Waals surface area contributed by atoms with E-state index in [9.17, 15) is 14.9 Å². The first-order valence-corrected chi connectivity index (χ1v) is 12.1. The predicted molar refractivity (Wildman–Crippen MR) is 140 cm³/mol. The zero-order valence-corrected chi connectivity index (χ0v) is 21.4. The van der Waals surface area contributed by atoms with E-state index in [1.165, 1.54) is 7.11 Å². The van der Waals surface area contributed by atoms with Crippen LogP contribution in [0.4, 0.5) is 0 Å². The molecule has 2 aliphatic rings. The standard InChI is InChI=1S/C29H20Cl2N2O4/c1-15-23(29(35)36-2)24(25-26(33-15)19-9-5-6-10-20(19)27(25)34)18-11-21(30)28(22(31)12-18)37-14-17-8-4-3-7-16(17)13-32/h3-12,24,33H,14H2,1-2H3. The van der Waals surface area contributed by atoms with E-state index in [0.717, 1.165) is 5.56 Å². The van der Waals surface area contributed by atoms with Gasteiger partial charge in [0.25, 0.3) is 0 Å². The number of ketones is 1. The molecule has 1 heterocycles. The minimum absolute atomic E-state index is 0.0887. The molecular weight excluding hydrogens is 511 g/mol. The lowest BCUT2D eigenvalue weighted by Gasteiger charge is -2.29. The summed E-state index contributed by atoms with van der Waals surface area (Å²) in [6.07, 6.45) is 0. The van der Waals surface area contributed by atoms with Gasteiger partial charge in [0.05, 0.1) is 40.1 Å². The largest absolute Gasteiger partial charge is 0.486 e. The topological polar surface area (TPSA) is 88.4 Å². The van der Waals surface area contributed by atoms with Gasteiger partial charge in [-0.25, -0.2) is 4.79 Å². The summed E-state index contributed by atoms with van der Waals surface area (Å²) in [6, 6.07) is 19.8. The summed E-state index contributed by atoms with van der Waals surface area (Å²) in [5.41, 5.74) is 4.99. The smallest absolute Gasteiger partial charge is 0.336 e. The third-order valence-electron chi connectivity index (χ3n) is 6.52. The molecule has 3 aromatic carbocycles. The number of nitrogens with zero attached hydrogens (tertiary/aromatic N) is 1. The molecule has 37 heavy (non-hydrogen) atoms. The highest BCUT2D eigenvalue weighted by atomic mass is 35.5. The fraction of sp³-hybridized carbons (Fsp3) is 0.138. The number of fused-ring (bicyclic) bond motifs is 2. The molecule has 3 aromatic rings. The average Bonchev–Trinajstić information content (AvgIpc) is 3.18. The van der Waals surface area contributed by atoms with Crippen LogP contribution in [0, 0.1) is 11.3 Å². The first-order valence-electron chi connectivity index (χ1n) is 11.4. The zero-order chi connectivity index (χ0) is 26.3. The molecule has 0 saturated heterocycles. The summed E-state index contributed by atoms with van der Waals surface area (Å²) >= 11 is 13.3. The summed E-state index contributed by atoms with van der Waals surface area (Å²) in [7, 11) is 1.30. The number of methoxy groups -OCH3 is 1. The number of allylic oxidation sites excluding steroid dienone is 2. The van der Waals surface area contributed by atoms with Crippen molar-refractivity contribution in [1.29, 1.82) is 5.26 Å². The normalized spacial score (nSPS) is 16.1. The molecule has 0 saturated carbocycles. The summed E-state index contributed by atoms with van der Waals surface area (Å²) in [6.45, 7) is 1.85. The van der Waals surface area contributed by atoms with E-state index in [1.807, 2.05) is 18.2 Å². The van der Waals surface area contributed by atoms with Gasteiger partial charge in [-0.05, 0) is 30.7 Å². The third-order valence-corrected chi connectivity index (χ3v) is 7.08. The molecule has 8 heteroatoms. The van der Waals surface area contributed by atoms with Crippen molar-refractivity contribution in [3.63, 3.8) is 0 Å². The number of benzene rings is 3. The molecule has 0 aromatic heterocycles. The number of hydrogen-bond acceptors (Lipinski definition) is 6. The zero-order valence-electron chi connectivity index (χ0n) is 19.9. The van der Waals surface area contributed by atoms with Gasteiger partial charge in [-0.2, -0.15) is 5.26 Å². The Hall–Kier alpha value is -4.05. The van der Waals surface area contributed by atoms with Crippen LogP contribution in [-0.4, -0.2) is 18.9 Å². The number of ether oxygens (including phenoxy) is 2. The fourth-order valence-corrected chi connectivity index (χ4v) is 5.45. The Morgan fingerprint density at radius 3 is 2.38 bits per heavy atom. The summed E-state index contributed by atoms with van der Waals surface area (Å²) in [5.74, 6) is -1.26. The third kappa shape index (κ3) is 4.17. The second kappa shape index (κ2) is 9.78. The second-order valence-electron chi connectivity index (χ2n) is 8.62. The number of dihydropyridines is 1. The molecule has 1 aliphatic heterocycles. The lowest BCUT2D eigenvalue weighted by atomic mass is 9.80. The summed E-state index contributed by atoms with van der Waals surface area (Å²) < 4.78 is 11.0. The molecule has 1 N–H and O–H groups in total. The first-order chi connectivity index (χ1) is 17.8. The highest BCUT2D eigenvalue weighted by molar-refractivity contribution is 6.37. The first kappa shape index (κ1) is 24.6. The number of esters is 1. The van der Waals surface area contributed by atoms with Gasteiger partial charge >= 0.3 is 5.97 Å². The maximum atomic E-state index is 13.5. The quantitative estimate of drug-likeness (QED) is 0.396. The minimum atomic E-state index is -0.757. The Kier molecular flexibility index (Phi) is 6.51. The van der Waals surface area contributed by atoms with Crippen molar-refractivity contribution in [1.82, 2.24) is 5.32 Å². The van der Waals surface area contributed by atoms with Gasteiger partial charge in [0.15, 0.2) is 11.5 Å². The van der Waals surface area contributed by atoms with Crippen LogP contribution in [0.25, 0.3) is 5.70 Å². The number of carbonyl (C=O) groups excluding carboxylic acids is 2. The van der Waals surface area contributed by atoms with Crippen LogP contribution >= 0.6 is 23.2 Å². The number of nitriles is 1. The monoisotopic (exact) mass is 530 g/mol. The van der Waals surface area contributed by atoms with Crippen molar-refractivity contribution in [2.45, 2.75) is 19.4 Å². The number of hydrogen-bond donors (Lipinski definition) is 1. The van der Waals surface area contributed by atoms with Gasteiger partial charge in [0.2, 0.25) is 0 Å². The SMILES string of the molecule is COC(=O)C1=C(C)NC2=C(C(=O)c3ccccc32)C1c1cc(Cl)c(OCc2ccccc2C#N)c(Cl)c1. The van der Waals surface area contributed by atoms with E-state index in [-0.39, 0.29) is 28.2 Å². The molecule has 1 unspecified atom stereocenters. The maximum absolute atomic E-state index is 13.5. The number of rotatable bonds is 5. The van der Waals surface area contributed by atoms with Gasteiger partial charge < -0.3 is 14.8 Å². The van der Waals surface area contributed by atoms with Crippen LogP contribution in [0.2, 0.25) is 10.0 Å². The number of nitrogens with one attached hydrogen (secondary N) is 1. The molecule has 6 nitrogen and oxygen atoms in total. The van der Waals surface area contributed by atoms with E-state index in [2.05, 4.69) is 11.4 Å². The second-order valence-corrected chi connectivity index (χ2v) is 9.44. The maximum Gasteiger partial charge on any atom is 0.336 e. The van der Waals surface area contributed by atoms with Crippen LogP contribution in [-0.2, 0) is 16.1 Å². The van der Waals surface area contributed by atoms with Crippen molar-refractivity contribution in [2.24, 2.45) is 0 Å². The summed E-state index contributed by atoms with van der Waals surface area (Å²) in [4.78, 5) is 26.5. The van der Waals surface area contributed by atoms with Crippen molar-refractivity contribution >= 4 is 40.7 Å². The Morgan fingerprint density at radius 1 is 1.05 bits per heavy atom. The van der Waals surface area contributed by atoms with Crippen LogP contribution in [0.1, 0.15) is 45.5 Å². The molecule has 1 aliphatic carbocycles. The molecule has 0 fully saturated rings. The molecule has 184 valence electrons. The van der Waals surface area contributed by atoms with E-state index in [4.69, 9.17) is 32.7 Å². The Balaban J connectivity index is 1.58. The van der Waals surface area contributed by atoms with Crippen LogP contribution < -0.4 is 10.1 Å². The average molecular weight is 531 g/mol. The molecule has 0 radical (unpaired) electrons. The van der Waals surface area contributed by atoms with Crippen LogP contribution in [0.15, 0.2) is 77.5 Å². The van der Waals surface area contributed by atoms with Crippen molar-refractivity contribution < 1.29 is 19.1 Å². The molecule has 0 bridgehead atoms. The van der Waals surface area contributed by atoms with E-state index >= 15 is 0 Å². The van der Waals surface area contributed by atoms with Gasteiger partial charge in [0, 0.05) is 33.9 Å². The molecule has 0 amide bonds. The highest BCUT2D eigenvalue weighted by Crippen LogP contribution is 2.48. The van der Waals surface area contributed by atoms with Crippen molar-refractivity contribution in [3.8, 4) is 11.8 Å². The number of carbonyl (C=O) groups is 2. The predicted octanol–water partition coefficient (Wildman–Crippen LogP) is 6.19. The summed E-state index contributed by atoms with van der Waals surface area (Å²) in [5, 5.41) is 13.0. The lowest BCUT2D eigenvalue weighted by Crippen LogP contribution is -2.29. The van der Waals surface area contributed by atoms with E-state index in [0.29, 0.717) is 44.8 Å². The van der Waals surface area contributed by atoms with Gasteiger partial charge in [-0.15, -0.1) is 0 Å². The molecular formula is C29H20Cl2N2O4. The highest BCUT2D eigenvalue weighted by Gasteiger charge is 2.43. The van der Waals surface area contributed by atoms with E-state index in [1.54, 1.807) is 49.4 Å². The molecule has 5 rings (SSSR count). The molecule has 1 atom stereocenters. The molecule has 0 spiro atoms. The Labute approximate surface area is 223 Å². The Morgan fingerprint density at radius 2 is 1.70 bits per heavy atom. The van der Waals surface area contributed by atoms with Gasteiger partial charge in [-0.3, -0.25) is 4.79 Å². The van der Waals surface area contributed by atoms with Crippen molar-refractivity contribution in [3.05, 3.63) is 115 Å². The van der Waals surface area contributed by atoms with Gasteiger partial charge in [0.1, 0.15) is 6.61 Å². The van der Waals surface area contributed by atoms with Gasteiger partial charge in [-0.1, -0.05) is 65.7 Å². The number of halogens is 2. The lowest BCUT2D eigenvalue weighted by molar-refractivity contribution is -0.136. The Bertz CT molecular complexity index is 1560.